The zero-order valence-corrected chi connectivity index (χ0v) is 16.8. The fraction of sp³-hybridized carbons (Fsp3) is 0.300. The van der Waals surface area contributed by atoms with E-state index in [1.54, 1.807) is 37.3 Å². The Morgan fingerprint density at radius 1 is 1.17 bits per heavy atom. The molecule has 1 fully saturated rings. The van der Waals surface area contributed by atoms with Crippen molar-refractivity contribution in [3.63, 3.8) is 0 Å². The Bertz CT molecular complexity index is 1110. The fourth-order valence-corrected chi connectivity index (χ4v) is 5.16. The van der Waals surface area contributed by atoms with Crippen LogP contribution in [0.5, 0.6) is 0 Å². The number of anilines is 1. The summed E-state index contributed by atoms with van der Waals surface area (Å²) in [5, 5.41) is 9.49. The molecule has 0 aliphatic carbocycles. The van der Waals surface area contributed by atoms with Crippen LogP contribution in [0.15, 0.2) is 52.0 Å². The summed E-state index contributed by atoms with van der Waals surface area (Å²) in [6.07, 6.45) is 4.31. The molecular weight excluding hydrogens is 392 g/mol. The summed E-state index contributed by atoms with van der Waals surface area (Å²) in [4.78, 5) is 12.8. The lowest BCUT2D eigenvalue weighted by Crippen LogP contribution is -2.36. The van der Waals surface area contributed by atoms with Crippen LogP contribution in [0.1, 0.15) is 35.3 Å². The van der Waals surface area contributed by atoms with E-state index < -0.39 is 15.9 Å². The molecule has 152 valence electrons. The highest BCUT2D eigenvalue weighted by atomic mass is 32.2. The van der Waals surface area contributed by atoms with Crippen LogP contribution in [0.25, 0.3) is 11.5 Å². The van der Waals surface area contributed by atoms with Gasteiger partial charge in [0, 0.05) is 24.8 Å². The number of nitrogens with one attached hydrogen (secondary N) is 2. The van der Waals surface area contributed by atoms with Gasteiger partial charge >= 0.3 is 0 Å². The Morgan fingerprint density at radius 3 is 2.69 bits per heavy atom. The van der Waals surface area contributed by atoms with Gasteiger partial charge in [-0.15, -0.1) is 0 Å². The molecule has 0 saturated carbocycles. The number of furan rings is 1. The number of benzene rings is 1. The van der Waals surface area contributed by atoms with Gasteiger partial charge in [0.05, 0.1) is 11.2 Å². The number of piperidine rings is 1. The van der Waals surface area contributed by atoms with E-state index in [-0.39, 0.29) is 10.6 Å². The molecule has 3 aromatic rings. The molecule has 0 atom stereocenters. The van der Waals surface area contributed by atoms with Crippen LogP contribution in [-0.4, -0.2) is 41.9 Å². The van der Waals surface area contributed by atoms with Crippen molar-refractivity contribution in [3.05, 3.63) is 53.9 Å². The minimum absolute atomic E-state index is 0.178. The SMILES string of the molecule is Cc1ccc(NC(=O)c2cc(-c3ccco3)[nH]n2)cc1S(=O)(=O)N1CCCCC1. The summed E-state index contributed by atoms with van der Waals surface area (Å²) >= 11 is 0. The second kappa shape index (κ2) is 7.84. The predicted molar refractivity (Wildman–Crippen MR) is 108 cm³/mol. The number of H-pyrrole nitrogens is 1. The Morgan fingerprint density at radius 2 is 1.97 bits per heavy atom. The number of carbonyl (C=O) groups excluding carboxylic acids is 1. The second-order valence-corrected chi connectivity index (χ2v) is 8.95. The van der Waals surface area contributed by atoms with Crippen LogP contribution in [0.2, 0.25) is 0 Å². The largest absolute Gasteiger partial charge is 0.463 e. The van der Waals surface area contributed by atoms with E-state index in [9.17, 15) is 13.2 Å². The highest BCUT2D eigenvalue weighted by molar-refractivity contribution is 7.89. The summed E-state index contributed by atoms with van der Waals surface area (Å²) in [7, 11) is -3.59. The number of amides is 1. The summed E-state index contributed by atoms with van der Waals surface area (Å²) in [5.41, 5.74) is 1.81. The molecule has 0 bridgehead atoms. The number of nitrogens with zero attached hydrogens (tertiary/aromatic N) is 2. The third kappa shape index (κ3) is 3.96. The van der Waals surface area contributed by atoms with Gasteiger partial charge in [0.15, 0.2) is 11.5 Å². The highest BCUT2D eigenvalue weighted by Gasteiger charge is 2.27. The molecule has 0 spiro atoms. The first-order valence-electron chi connectivity index (χ1n) is 9.46. The second-order valence-electron chi connectivity index (χ2n) is 7.04. The van der Waals surface area contributed by atoms with Crippen molar-refractivity contribution in [2.75, 3.05) is 18.4 Å². The first kappa shape index (κ1) is 19.4. The van der Waals surface area contributed by atoms with E-state index >= 15 is 0 Å². The standard InChI is InChI=1S/C20H22N4O4S/c1-14-7-8-15(12-19(14)29(26,27)24-9-3-2-4-10-24)21-20(25)17-13-16(22-23-17)18-6-5-11-28-18/h5-8,11-13H,2-4,9-10H2,1H3,(H,21,25)(H,22,23). The molecule has 4 rings (SSSR count). The lowest BCUT2D eigenvalue weighted by molar-refractivity contribution is 0.102. The number of hydrogen-bond acceptors (Lipinski definition) is 5. The van der Waals surface area contributed by atoms with Crippen molar-refractivity contribution in [1.82, 2.24) is 14.5 Å². The quantitative estimate of drug-likeness (QED) is 0.665. The zero-order chi connectivity index (χ0) is 20.4. The van der Waals surface area contributed by atoms with Crippen LogP contribution < -0.4 is 5.32 Å². The maximum absolute atomic E-state index is 13.0. The molecule has 2 aromatic heterocycles. The van der Waals surface area contributed by atoms with Gasteiger partial charge in [-0.3, -0.25) is 9.89 Å². The van der Waals surface area contributed by atoms with Crippen LogP contribution >= 0.6 is 0 Å². The number of rotatable bonds is 5. The average Bonchev–Trinajstić information content (AvgIpc) is 3.42. The lowest BCUT2D eigenvalue weighted by Gasteiger charge is -2.26. The number of aryl methyl sites for hydroxylation is 1. The van der Waals surface area contributed by atoms with Crippen molar-refractivity contribution >= 4 is 21.6 Å². The molecule has 2 N–H and O–H groups in total. The highest BCUT2D eigenvalue weighted by Crippen LogP contribution is 2.26. The van der Waals surface area contributed by atoms with Gasteiger partial charge in [-0.2, -0.15) is 9.40 Å². The van der Waals surface area contributed by atoms with Crippen molar-refractivity contribution in [3.8, 4) is 11.5 Å². The minimum atomic E-state index is -3.59. The molecule has 9 heteroatoms. The van der Waals surface area contributed by atoms with Crippen LogP contribution in [-0.2, 0) is 10.0 Å². The number of sulfonamides is 1. The predicted octanol–water partition coefficient (Wildman–Crippen LogP) is 3.41. The molecule has 1 amide bonds. The topological polar surface area (TPSA) is 108 Å². The van der Waals surface area contributed by atoms with Crippen molar-refractivity contribution < 1.29 is 17.6 Å². The molecule has 3 heterocycles. The van der Waals surface area contributed by atoms with Crippen LogP contribution in [0.4, 0.5) is 5.69 Å². The third-order valence-corrected chi connectivity index (χ3v) is 7.02. The fourth-order valence-electron chi connectivity index (χ4n) is 3.39. The molecule has 1 aromatic carbocycles. The lowest BCUT2D eigenvalue weighted by atomic mass is 10.2. The van der Waals surface area contributed by atoms with Gasteiger partial charge < -0.3 is 9.73 Å². The van der Waals surface area contributed by atoms with Gasteiger partial charge in [-0.25, -0.2) is 8.42 Å². The van der Waals surface area contributed by atoms with Crippen molar-refractivity contribution in [2.24, 2.45) is 0 Å². The van der Waals surface area contributed by atoms with E-state index in [4.69, 9.17) is 4.42 Å². The van der Waals surface area contributed by atoms with Gasteiger partial charge in [0.25, 0.3) is 5.91 Å². The Hall–Kier alpha value is -2.91. The van der Waals surface area contributed by atoms with Gasteiger partial charge in [-0.1, -0.05) is 12.5 Å². The van der Waals surface area contributed by atoms with E-state index in [0.717, 1.165) is 19.3 Å². The number of hydrogen-bond donors (Lipinski definition) is 2. The monoisotopic (exact) mass is 414 g/mol. The molecule has 0 unspecified atom stereocenters. The van der Waals surface area contributed by atoms with Gasteiger partial charge in [-0.05, 0) is 49.6 Å². The number of carbonyl (C=O) groups is 1. The maximum atomic E-state index is 13.0. The smallest absolute Gasteiger partial charge is 0.276 e. The average molecular weight is 414 g/mol. The first-order chi connectivity index (χ1) is 13.9. The molecule has 8 nitrogen and oxygen atoms in total. The first-order valence-corrected chi connectivity index (χ1v) is 10.9. The van der Waals surface area contributed by atoms with Crippen molar-refractivity contribution in [2.45, 2.75) is 31.1 Å². The van der Waals surface area contributed by atoms with E-state index in [0.29, 0.717) is 35.8 Å². The third-order valence-electron chi connectivity index (χ3n) is 4.98. The number of aromatic amines is 1. The normalized spacial score (nSPS) is 15.3. The zero-order valence-electron chi connectivity index (χ0n) is 16.0. The Kier molecular flexibility index (Phi) is 5.25. The summed E-state index contributed by atoms with van der Waals surface area (Å²) in [5.74, 6) is 0.131. The molecule has 0 radical (unpaired) electrons. The Balaban J connectivity index is 1.55. The molecular formula is C20H22N4O4S. The molecule has 1 aliphatic rings. The Labute approximate surface area is 169 Å². The van der Waals surface area contributed by atoms with Crippen molar-refractivity contribution in [1.29, 1.82) is 0 Å². The summed E-state index contributed by atoms with van der Waals surface area (Å²) in [6.45, 7) is 2.81. The van der Waals surface area contributed by atoms with E-state index in [2.05, 4.69) is 15.5 Å². The van der Waals surface area contributed by atoms with E-state index in [1.165, 1.54) is 16.6 Å². The van der Waals surface area contributed by atoms with E-state index in [1.807, 2.05) is 0 Å². The van der Waals surface area contributed by atoms with Crippen LogP contribution in [0.3, 0.4) is 0 Å². The molecule has 1 aliphatic heterocycles. The summed E-state index contributed by atoms with van der Waals surface area (Å²) in [6, 6.07) is 9.97. The van der Waals surface area contributed by atoms with Gasteiger partial charge in [0.2, 0.25) is 10.0 Å². The molecule has 29 heavy (non-hydrogen) atoms. The summed E-state index contributed by atoms with van der Waals surface area (Å²) < 4.78 is 32.9. The number of aromatic nitrogens is 2. The minimum Gasteiger partial charge on any atom is -0.463 e. The maximum Gasteiger partial charge on any atom is 0.276 e. The molecule has 1 saturated heterocycles. The van der Waals surface area contributed by atoms with Crippen LogP contribution in [0, 0.1) is 6.92 Å². The van der Waals surface area contributed by atoms with Gasteiger partial charge in [0.1, 0.15) is 5.69 Å².